The number of aliphatic carboxylic acids is 1. The van der Waals surface area contributed by atoms with Gasteiger partial charge < -0.3 is 15.0 Å². The molecule has 2 radical (unpaired) electrons. The third-order valence-electron chi connectivity index (χ3n) is 3.14. The molecule has 0 saturated carbocycles. The van der Waals surface area contributed by atoms with E-state index in [1.54, 1.807) is 24.7 Å². The lowest BCUT2D eigenvalue weighted by Gasteiger charge is -2.24. The first-order valence-electron chi connectivity index (χ1n) is 5.61. The number of hydrogen-bond donors (Lipinski definition) is 2. The summed E-state index contributed by atoms with van der Waals surface area (Å²) in [6.45, 7) is 4.77. The van der Waals surface area contributed by atoms with Gasteiger partial charge in [0.1, 0.15) is 0 Å². The third kappa shape index (κ3) is 2.28. The van der Waals surface area contributed by atoms with Gasteiger partial charge in [-0.1, -0.05) is 0 Å². The van der Waals surface area contributed by atoms with Crippen molar-refractivity contribution in [3.05, 3.63) is 27.7 Å². The molecule has 18 heavy (non-hydrogen) atoms. The van der Waals surface area contributed by atoms with Crippen LogP contribution < -0.4 is 10.7 Å². The molecule has 0 atom stereocenters. The molecule has 1 rings (SSSR count). The fraction of sp³-hybridized carbons (Fsp3) is 0.500. The molecule has 0 aliphatic rings. The molecular formula is C12H17BN2O3. The van der Waals surface area contributed by atoms with E-state index in [9.17, 15) is 14.7 Å². The molecule has 0 bridgehead atoms. The van der Waals surface area contributed by atoms with Crippen molar-refractivity contribution in [1.29, 1.82) is 0 Å². The summed E-state index contributed by atoms with van der Waals surface area (Å²) in [6, 6.07) is 0. The lowest BCUT2D eigenvalue weighted by Crippen LogP contribution is -2.37. The first-order valence-corrected chi connectivity index (χ1v) is 5.61. The average molecular weight is 248 g/mol. The Bertz CT molecular complexity index is 535. The van der Waals surface area contributed by atoms with E-state index in [4.69, 9.17) is 7.85 Å². The Labute approximate surface area is 107 Å². The monoisotopic (exact) mass is 248 g/mol. The van der Waals surface area contributed by atoms with E-state index in [0.29, 0.717) is 11.4 Å². The van der Waals surface area contributed by atoms with E-state index in [1.807, 2.05) is 0 Å². The zero-order valence-corrected chi connectivity index (χ0v) is 11.1. The number of nitrogens with zero attached hydrogens (tertiary/aromatic N) is 1. The predicted octanol–water partition coefficient (Wildman–Crippen LogP) is 0.594. The van der Waals surface area contributed by atoms with Crippen molar-refractivity contribution < 1.29 is 9.90 Å². The van der Waals surface area contributed by atoms with E-state index in [0.717, 1.165) is 0 Å². The average Bonchev–Trinajstić information content (AvgIpc) is 2.26. The van der Waals surface area contributed by atoms with Crippen LogP contribution in [0.25, 0.3) is 0 Å². The van der Waals surface area contributed by atoms with Crippen LogP contribution in [0, 0.1) is 6.92 Å². The first-order chi connectivity index (χ1) is 8.23. The van der Waals surface area contributed by atoms with Crippen molar-refractivity contribution in [2.24, 2.45) is 7.05 Å². The molecule has 1 aromatic heterocycles. The van der Waals surface area contributed by atoms with Crippen LogP contribution in [0.2, 0.25) is 0 Å². The summed E-state index contributed by atoms with van der Waals surface area (Å²) < 4.78 is 1.72. The Morgan fingerprint density at radius 1 is 1.56 bits per heavy atom. The maximum Gasteiger partial charge on any atom is 0.313 e. The van der Waals surface area contributed by atoms with E-state index in [1.165, 1.54) is 13.8 Å². The molecule has 0 spiro atoms. The van der Waals surface area contributed by atoms with Crippen LogP contribution in [0.4, 0.5) is 5.69 Å². The number of hydrogen-bond acceptors (Lipinski definition) is 3. The fourth-order valence-electron chi connectivity index (χ4n) is 1.90. The van der Waals surface area contributed by atoms with Gasteiger partial charge in [0, 0.05) is 24.5 Å². The summed E-state index contributed by atoms with van der Waals surface area (Å²) in [4.78, 5) is 23.6. The SMILES string of the molecule is [B]CNc1cn(C)c(C)c(C(C)(C)C(=O)O)c1=O. The van der Waals surface area contributed by atoms with Crippen LogP contribution in [0.1, 0.15) is 25.1 Å². The largest absolute Gasteiger partial charge is 0.481 e. The topological polar surface area (TPSA) is 71.3 Å². The molecule has 2 N–H and O–H groups in total. The second kappa shape index (κ2) is 4.88. The number of pyridine rings is 1. The number of rotatable bonds is 4. The Hall–Kier alpha value is -1.72. The van der Waals surface area contributed by atoms with Gasteiger partial charge in [-0.25, -0.2) is 0 Å². The van der Waals surface area contributed by atoms with Crippen LogP contribution in [0.3, 0.4) is 0 Å². The number of anilines is 1. The van der Waals surface area contributed by atoms with Crippen LogP contribution in [-0.2, 0) is 17.3 Å². The summed E-state index contributed by atoms with van der Waals surface area (Å²) >= 11 is 0. The van der Waals surface area contributed by atoms with E-state index >= 15 is 0 Å². The summed E-state index contributed by atoms with van der Waals surface area (Å²) in [5, 5.41) is 12.0. The zero-order chi connectivity index (χ0) is 14.1. The number of nitrogens with one attached hydrogen (secondary N) is 1. The smallest absolute Gasteiger partial charge is 0.313 e. The molecular weight excluding hydrogens is 231 g/mol. The van der Waals surface area contributed by atoms with Crippen molar-refractivity contribution in [2.75, 3.05) is 11.8 Å². The highest BCUT2D eigenvalue weighted by atomic mass is 16.4. The number of carbonyl (C=O) groups is 1. The highest BCUT2D eigenvalue weighted by Gasteiger charge is 2.34. The molecule has 6 heteroatoms. The van der Waals surface area contributed by atoms with Gasteiger partial charge in [0.15, 0.2) is 0 Å². The predicted molar refractivity (Wildman–Crippen MR) is 71.3 cm³/mol. The summed E-state index contributed by atoms with van der Waals surface area (Å²) in [5.74, 6) is -1.03. The Morgan fingerprint density at radius 2 is 2.11 bits per heavy atom. The Kier molecular flexibility index (Phi) is 3.89. The fourth-order valence-corrected chi connectivity index (χ4v) is 1.90. The van der Waals surface area contributed by atoms with Gasteiger partial charge in [0.2, 0.25) is 5.43 Å². The van der Waals surface area contributed by atoms with Crippen LogP contribution >= 0.6 is 0 Å². The van der Waals surface area contributed by atoms with Crippen molar-refractivity contribution in [3.8, 4) is 0 Å². The second-order valence-electron chi connectivity index (χ2n) is 4.75. The molecule has 0 aliphatic heterocycles. The van der Waals surface area contributed by atoms with Gasteiger partial charge in [-0.2, -0.15) is 0 Å². The first kappa shape index (κ1) is 14.3. The summed E-state index contributed by atoms with van der Waals surface area (Å²) in [6.07, 6.45) is 1.73. The summed E-state index contributed by atoms with van der Waals surface area (Å²) in [7, 11) is 7.12. The Morgan fingerprint density at radius 3 is 2.56 bits per heavy atom. The van der Waals surface area contributed by atoms with Gasteiger partial charge in [-0.05, 0) is 27.2 Å². The lowest BCUT2D eigenvalue weighted by atomic mass is 9.83. The normalized spacial score (nSPS) is 11.3. The Balaban J connectivity index is 3.62. The molecule has 96 valence electrons. The molecule has 1 aromatic rings. The standard InChI is InChI=1S/C12H17BN2O3/c1-7-9(12(2,3)11(17)18)10(16)8(14-6-13)5-15(7)4/h5,14H,6H2,1-4H3,(H,17,18). The second-order valence-corrected chi connectivity index (χ2v) is 4.75. The molecule has 0 aromatic carbocycles. The van der Waals surface area contributed by atoms with Crippen LogP contribution in [0.15, 0.2) is 11.0 Å². The molecule has 0 saturated heterocycles. The number of aryl methyl sites for hydroxylation is 1. The lowest BCUT2D eigenvalue weighted by molar-refractivity contribution is -0.142. The van der Waals surface area contributed by atoms with Gasteiger partial charge in [0.05, 0.1) is 18.9 Å². The molecule has 0 amide bonds. The van der Waals surface area contributed by atoms with Crippen molar-refractivity contribution in [3.63, 3.8) is 0 Å². The molecule has 1 heterocycles. The summed E-state index contributed by atoms with van der Waals surface area (Å²) in [5.41, 5.74) is -0.338. The van der Waals surface area contributed by atoms with Gasteiger partial charge in [-0.15, -0.1) is 0 Å². The van der Waals surface area contributed by atoms with Gasteiger partial charge in [0.25, 0.3) is 0 Å². The third-order valence-corrected chi connectivity index (χ3v) is 3.14. The van der Waals surface area contributed by atoms with Crippen LogP contribution in [-0.4, -0.2) is 29.9 Å². The van der Waals surface area contributed by atoms with Gasteiger partial charge in [-0.3, -0.25) is 9.59 Å². The number of carboxylic acids is 1. The minimum atomic E-state index is -1.24. The highest BCUT2D eigenvalue weighted by molar-refractivity contribution is 6.10. The van der Waals surface area contributed by atoms with Crippen molar-refractivity contribution >= 4 is 19.5 Å². The van der Waals surface area contributed by atoms with E-state index < -0.39 is 11.4 Å². The van der Waals surface area contributed by atoms with Gasteiger partial charge >= 0.3 is 5.97 Å². The highest BCUT2D eigenvalue weighted by Crippen LogP contribution is 2.24. The minimum absolute atomic E-state index is 0.116. The molecule has 5 nitrogen and oxygen atoms in total. The zero-order valence-electron chi connectivity index (χ0n) is 11.1. The quantitative estimate of drug-likeness (QED) is 0.765. The maximum absolute atomic E-state index is 12.3. The van der Waals surface area contributed by atoms with Crippen molar-refractivity contribution in [2.45, 2.75) is 26.2 Å². The number of aromatic nitrogens is 1. The minimum Gasteiger partial charge on any atom is -0.481 e. The van der Waals surface area contributed by atoms with Crippen LogP contribution in [0.5, 0.6) is 0 Å². The maximum atomic E-state index is 12.3. The van der Waals surface area contributed by atoms with E-state index in [-0.39, 0.29) is 17.4 Å². The van der Waals surface area contributed by atoms with Crippen molar-refractivity contribution in [1.82, 2.24) is 4.57 Å². The molecule has 0 unspecified atom stereocenters. The number of carboxylic acid groups (broad SMARTS) is 1. The molecule has 0 fully saturated rings. The van der Waals surface area contributed by atoms with E-state index in [2.05, 4.69) is 5.32 Å². The molecule has 0 aliphatic carbocycles.